The zero-order chi connectivity index (χ0) is 9.10. The average molecular weight is 202 g/mol. The Morgan fingerprint density at radius 2 is 1.27 bits per heavy atom. The van der Waals surface area contributed by atoms with E-state index in [0.29, 0.717) is 0 Å². The van der Waals surface area contributed by atoms with Crippen LogP contribution in [-0.4, -0.2) is 18.8 Å². The highest BCUT2D eigenvalue weighted by Gasteiger charge is 1.94. The molecule has 2 aromatic rings. The molecule has 0 aromatic heterocycles. The molecule has 0 aliphatic rings. The first-order valence-corrected chi connectivity index (χ1v) is 4.48. The zero-order valence-corrected chi connectivity index (χ0v) is 8.70. The molecule has 2 nitrogen and oxygen atoms in total. The Bertz CT molecular complexity index is 401. The zero-order valence-electron chi connectivity index (χ0n) is 8.70. The lowest BCUT2D eigenvalue weighted by Crippen LogP contribution is -1.99. The summed E-state index contributed by atoms with van der Waals surface area (Å²) in [6, 6.07) is 19.0. The van der Waals surface area contributed by atoms with Crippen molar-refractivity contribution < 1.29 is 11.0 Å². The summed E-state index contributed by atoms with van der Waals surface area (Å²) in [5, 5.41) is 0. The monoisotopic (exact) mass is 202 g/mol. The van der Waals surface area contributed by atoms with Crippen molar-refractivity contribution in [1.29, 1.82) is 0 Å². The first-order chi connectivity index (χ1) is 6.36. The van der Waals surface area contributed by atoms with Crippen molar-refractivity contribution in [3.05, 3.63) is 54.6 Å². The van der Waals surface area contributed by atoms with E-state index in [9.17, 15) is 0 Å². The van der Waals surface area contributed by atoms with Gasteiger partial charge in [0.05, 0.1) is 0 Å². The molecule has 0 spiro atoms. The number of hydrogen-bond acceptors (Lipinski definition) is 0. The highest BCUT2D eigenvalue weighted by atomic mass is 16.0. The van der Waals surface area contributed by atoms with Crippen molar-refractivity contribution in [1.82, 2.24) is 0 Å². The van der Waals surface area contributed by atoms with Crippen LogP contribution in [0.4, 0.5) is 0 Å². The first-order valence-electron chi connectivity index (χ1n) is 4.48. The molecule has 0 aliphatic carbocycles. The Hall–Kier alpha value is -1.58. The van der Waals surface area contributed by atoms with Crippen LogP contribution >= 0.6 is 0 Å². The third-order valence-corrected chi connectivity index (χ3v) is 2.13. The largest absolute Gasteiger partial charge is 0.412 e. The third-order valence-electron chi connectivity index (χ3n) is 2.13. The molecule has 0 radical (unpaired) electrons. The van der Waals surface area contributed by atoms with Gasteiger partial charge in [0.15, 0.2) is 0 Å². The Morgan fingerprint density at radius 3 is 1.87 bits per heavy atom. The van der Waals surface area contributed by atoms with E-state index in [1.165, 1.54) is 16.6 Å². The standard InChI is InChI=1S/C12H11B.2H2O/c13-12-8-4-7-11(9-12)10-5-2-1-3-6-10;;/h1-9H,13H2;2*1H2. The van der Waals surface area contributed by atoms with Crippen molar-refractivity contribution in [3.8, 4) is 11.1 Å². The van der Waals surface area contributed by atoms with Crippen LogP contribution in [0, 0.1) is 0 Å². The topological polar surface area (TPSA) is 63.0 Å². The summed E-state index contributed by atoms with van der Waals surface area (Å²) in [6.07, 6.45) is 0. The van der Waals surface area contributed by atoms with E-state index in [1.54, 1.807) is 0 Å². The maximum absolute atomic E-state index is 2.20. The quantitative estimate of drug-likeness (QED) is 0.582. The molecule has 0 unspecified atom stereocenters. The van der Waals surface area contributed by atoms with Gasteiger partial charge in [-0.3, -0.25) is 0 Å². The molecule has 78 valence electrons. The molecule has 4 N–H and O–H groups in total. The molecule has 2 rings (SSSR count). The summed E-state index contributed by atoms with van der Waals surface area (Å²) in [4.78, 5) is 0. The minimum Gasteiger partial charge on any atom is -0.412 e. The Labute approximate surface area is 90.6 Å². The summed E-state index contributed by atoms with van der Waals surface area (Å²) in [7, 11) is 2.12. The van der Waals surface area contributed by atoms with Gasteiger partial charge in [0.25, 0.3) is 0 Å². The fraction of sp³-hybridized carbons (Fsp3) is 0. The van der Waals surface area contributed by atoms with E-state index in [-0.39, 0.29) is 11.0 Å². The van der Waals surface area contributed by atoms with Crippen LogP contribution in [0.15, 0.2) is 54.6 Å². The van der Waals surface area contributed by atoms with Crippen molar-refractivity contribution in [2.24, 2.45) is 0 Å². The average Bonchev–Trinajstić information content (AvgIpc) is 2.19. The van der Waals surface area contributed by atoms with Gasteiger partial charge in [-0.1, -0.05) is 60.1 Å². The minimum atomic E-state index is 0. The van der Waals surface area contributed by atoms with E-state index in [1.807, 2.05) is 6.07 Å². The highest BCUT2D eigenvalue weighted by Crippen LogP contribution is 2.16. The van der Waals surface area contributed by atoms with Crippen molar-refractivity contribution in [2.75, 3.05) is 0 Å². The van der Waals surface area contributed by atoms with E-state index < -0.39 is 0 Å². The van der Waals surface area contributed by atoms with Crippen LogP contribution in [-0.2, 0) is 0 Å². The van der Waals surface area contributed by atoms with Crippen LogP contribution in [0.25, 0.3) is 11.1 Å². The molecule has 0 fully saturated rings. The molecule has 0 bridgehead atoms. The van der Waals surface area contributed by atoms with Crippen LogP contribution < -0.4 is 5.46 Å². The molecular weight excluding hydrogens is 187 g/mol. The number of rotatable bonds is 1. The third kappa shape index (κ3) is 3.24. The summed E-state index contributed by atoms with van der Waals surface area (Å²) in [5.41, 5.74) is 3.88. The molecule has 15 heavy (non-hydrogen) atoms. The second-order valence-electron chi connectivity index (χ2n) is 3.24. The maximum atomic E-state index is 2.20. The Morgan fingerprint density at radius 1 is 0.667 bits per heavy atom. The Kier molecular flexibility index (Phi) is 5.38. The SMILES string of the molecule is Bc1cccc(-c2ccccc2)c1.O.O. The summed E-state index contributed by atoms with van der Waals surface area (Å²) < 4.78 is 0. The molecular formula is C12H15BO2. The summed E-state index contributed by atoms with van der Waals surface area (Å²) >= 11 is 0. The predicted molar refractivity (Wildman–Crippen MR) is 67.3 cm³/mol. The van der Waals surface area contributed by atoms with Crippen LogP contribution in [0.3, 0.4) is 0 Å². The smallest absolute Gasteiger partial charge is 0.139 e. The molecule has 0 saturated heterocycles. The predicted octanol–water partition coefficient (Wildman–Crippen LogP) is -0.0374. The second kappa shape index (κ2) is 6.01. The lowest BCUT2D eigenvalue weighted by Gasteiger charge is -2.01. The lowest BCUT2D eigenvalue weighted by atomic mass is 9.92. The normalized spacial score (nSPS) is 8.53. The van der Waals surface area contributed by atoms with E-state index in [4.69, 9.17) is 0 Å². The first kappa shape index (κ1) is 13.4. The number of benzene rings is 2. The maximum Gasteiger partial charge on any atom is 0.139 e. The van der Waals surface area contributed by atoms with Gasteiger partial charge in [0.2, 0.25) is 0 Å². The van der Waals surface area contributed by atoms with Crippen LogP contribution in [0.1, 0.15) is 0 Å². The van der Waals surface area contributed by atoms with Gasteiger partial charge in [-0.2, -0.15) is 0 Å². The molecule has 0 saturated carbocycles. The molecule has 0 aliphatic heterocycles. The molecule has 0 amide bonds. The molecule has 0 atom stereocenters. The summed E-state index contributed by atoms with van der Waals surface area (Å²) in [5.74, 6) is 0. The molecule has 2 aromatic carbocycles. The van der Waals surface area contributed by atoms with Gasteiger partial charge in [0, 0.05) is 0 Å². The minimum absolute atomic E-state index is 0. The fourth-order valence-corrected chi connectivity index (χ4v) is 1.46. The van der Waals surface area contributed by atoms with Crippen LogP contribution in [0.2, 0.25) is 0 Å². The van der Waals surface area contributed by atoms with Gasteiger partial charge in [-0.15, -0.1) is 0 Å². The van der Waals surface area contributed by atoms with Crippen LogP contribution in [0.5, 0.6) is 0 Å². The van der Waals surface area contributed by atoms with Crippen molar-refractivity contribution in [2.45, 2.75) is 0 Å². The van der Waals surface area contributed by atoms with Crippen molar-refractivity contribution in [3.63, 3.8) is 0 Å². The molecule has 0 heterocycles. The van der Waals surface area contributed by atoms with E-state index in [2.05, 4.69) is 56.4 Å². The molecule has 3 heteroatoms. The second-order valence-corrected chi connectivity index (χ2v) is 3.24. The highest BCUT2D eigenvalue weighted by molar-refractivity contribution is 6.32. The van der Waals surface area contributed by atoms with Gasteiger partial charge >= 0.3 is 0 Å². The fourth-order valence-electron chi connectivity index (χ4n) is 1.46. The summed E-state index contributed by atoms with van der Waals surface area (Å²) in [6.45, 7) is 0. The van der Waals surface area contributed by atoms with E-state index >= 15 is 0 Å². The van der Waals surface area contributed by atoms with Gasteiger partial charge in [0.1, 0.15) is 7.85 Å². The van der Waals surface area contributed by atoms with Gasteiger partial charge in [-0.25, -0.2) is 0 Å². The lowest BCUT2D eigenvalue weighted by molar-refractivity contribution is 0.823. The van der Waals surface area contributed by atoms with Crippen molar-refractivity contribution >= 4 is 13.3 Å². The van der Waals surface area contributed by atoms with Gasteiger partial charge < -0.3 is 11.0 Å². The number of hydrogen-bond donors (Lipinski definition) is 0. The van der Waals surface area contributed by atoms with Gasteiger partial charge in [-0.05, 0) is 11.1 Å². The Balaban J connectivity index is 0.000000980. The van der Waals surface area contributed by atoms with E-state index in [0.717, 1.165) is 0 Å².